The highest BCUT2D eigenvalue weighted by Crippen LogP contribution is 2.10. The summed E-state index contributed by atoms with van der Waals surface area (Å²) in [6.45, 7) is 1.83. The first kappa shape index (κ1) is 13.3. The Morgan fingerprint density at radius 1 is 1.00 bits per heavy atom. The molecular formula is C15H13ClN2O. The van der Waals surface area contributed by atoms with Crippen LogP contribution in [0.4, 0.5) is 0 Å². The van der Waals surface area contributed by atoms with E-state index in [4.69, 9.17) is 11.6 Å². The van der Waals surface area contributed by atoms with E-state index in [9.17, 15) is 4.79 Å². The van der Waals surface area contributed by atoms with Crippen LogP contribution < -0.4 is 5.43 Å². The van der Waals surface area contributed by atoms with Crippen molar-refractivity contribution in [1.82, 2.24) is 5.43 Å². The van der Waals surface area contributed by atoms with Gasteiger partial charge in [-0.2, -0.15) is 5.10 Å². The fourth-order valence-corrected chi connectivity index (χ4v) is 1.67. The minimum absolute atomic E-state index is 0.228. The van der Waals surface area contributed by atoms with E-state index in [0.717, 1.165) is 11.3 Å². The Kier molecular flexibility index (Phi) is 4.31. The summed E-state index contributed by atoms with van der Waals surface area (Å²) < 4.78 is 0. The van der Waals surface area contributed by atoms with Crippen LogP contribution in [0, 0.1) is 0 Å². The number of carbonyl (C=O) groups excluding carboxylic acids is 1. The SMILES string of the molecule is CC(=NNC(=O)c1ccccc1)c1ccc(Cl)cc1. The van der Waals surface area contributed by atoms with E-state index in [-0.39, 0.29) is 5.91 Å². The third-order valence-corrected chi connectivity index (χ3v) is 2.88. The lowest BCUT2D eigenvalue weighted by Gasteiger charge is -2.03. The van der Waals surface area contributed by atoms with Gasteiger partial charge in [-0.1, -0.05) is 41.9 Å². The lowest BCUT2D eigenvalue weighted by molar-refractivity contribution is 0.0955. The van der Waals surface area contributed by atoms with Crippen molar-refractivity contribution in [1.29, 1.82) is 0 Å². The molecule has 0 aliphatic rings. The number of benzene rings is 2. The third kappa shape index (κ3) is 3.66. The molecule has 0 heterocycles. The van der Waals surface area contributed by atoms with Crippen LogP contribution in [-0.4, -0.2) is 11.6 Å². The Hall–Kier alpha value is -2.13. The highest BCUT2D eigenvalue weighted by molar-refractivity contribution is 6.30. The first-order valence-electron chi connectivity index (χ1n) is 5.82. The van der Waals surface area contributed by atoms with E-state index in [2.05, 4.69) is 10.5 Å². The third-order valence-electron chi connectivity index (χ3n) is 2.62. The number of hydrogen-bond donors (Lipinski definition) is 1. The van der Waals surface area contributed by atoms with Crippen LogP contribution in [0.25, 0.3) is 0 Å². The van der Waals surface area contributed by atoms with Gasteiger partial charge in [-0.15, -0.1) is 0 Å². The summed E-state index contributed by atoms with van der Waals surface area (Å²) in [6, 6.07) is 16.2. The smallest absolute Gasteiger partial charge is 0.267 e. The zero-order valence-corrected chi connectivity index (χ0v) is 11.2. The maximum absolute atomic E-state index is 11.8. The average molecular weight is 273 g/mol. The van der Waals surface area contributed by atoms with Gasteiger partial charge in [-0.25, -0.2) is 5.43 Å². The van der Waals surface area contributed by atoms with Crippen molar-refractivity contribution < 1.29 is 4.79 Å². The van der Waals surface area contributed by atoms with Crippen LogP contribution in [0.15, 0.2) is 59.7 Å². The molecule has 0 aromatic heterocycles. The van der Waals surface area contributed by atoms with E-state index >= 15 is 0 Å². The van der Waals surface area contributed by atoms with Crippen LogP contribution in [0.2, 0.25) is 5.02 Å². The molecule has 19 heavy (non-hydrogen) atoms. The van der Waals surface area contributed by atoms with Gasteiger partial charge in [0.2, 0.25) is 0 Å². The molecule has 0 aliphatic carbocycles. The standard InChI is InChI=1S/C15H13ClN2O/c1-11(12-7-9-14(16)10-8-12)17-18-15(19)13-5-3-2-4-6-13/h2-10H,1H3,(H,18,19). The molecular weight excluding hydrogens is 260 g/mol. The van der Waals surface area contributed by atoms with Gasteiger partial charge < -0.3 is 0 Å². The number of amides is 1. The van der Waals surface area contributed by atoms with Crippen molar-refractivity contribution in [2.75, 3.05) is 0 Å². The average Bonchev–Trinajstić information content (AvgIpc) is 2.46. The molecule has 1 amide bonds. The minimum atomic E-state index is -0.228. The topological polar surface area (TPSA) is 41.5 Å². The van der Waals surface area contributed by atoms with Crippen molar-refractivity contribution in [2.45, 2.75) is 6.92 Å². The summed E-state index contributed by atoms with van der Waals surface area (Å²) in [5.74, 6) is -0.228. The van der Waals surface area contributed by atoms with Gasteiger partial charge in [0.25, 0.3) is 5.91 Å². The zero-order chi connectivity index (χ0) is 13.7. The Balaban J connectivity index is 2.06. The Morgan fingerprint density at radius 3 is 2.26 bits per heavy atom. The van der Waals surface area contributed by atoms with Gasteiger partial charge in [0.15, 0.2) is 0 Å². The normalized spacial score (nSPS) is 11.2. The molecule has 1 N–H and O–H groups in total. The highest BCUT2D eigenvalue weighted by Gasteiger charge is 2.03. The maximum Gasteiger partial charge on any atom is 0.271 e. The van der Waals surface area contributed by atoms with Crippen LogP contribution in [0.3, 0.4) is 0 Å². The Bertz CT molecular complexity index is 591. The number of hydrazone groups is 1. The van der Waals surface area contributed by atoms with Gasteiger partial charge in [-0.05, 0) is 36.8 Å². The van der Waals surface area contributed by atoms with E-state index in [1.165, 1.54) is 0 Å². The Morgan fingerprint density at radius 2 is 1.63 bits per heavy atom. The summed E-state index contributed by atoms with van der Waals surface area (Å²) in [5, 5.41) is 4.75. The number of nitrogens with zero attached hydrogens (tertiary/aromatic N) is 1. The first-order chi connectivity index (χ1) is 9.16. The number of rotatable bonds is 3. The molecule has 2 rings (SSSR count). The van der Waals surface area contributed by atoms with Crippen LogP contribution in [0.1, 0.15) is 22.8 Å². The van der Waals surface area contributed by atoms with Crippen molar-refractivity contribution in [3.63, 3.8) is 0 Å². The molecule has 0 unspecified atom stereocenters. The van der Waals surface area contributed by atoms with Gasteiger partial charge in [0.1, 0.15) is 0 Å². The van der Waals surface area contributed by atoms with Gasteiger partial charge in [-0.3, -0.25) is 4.79 Å². The second kappa shape index (κ2) is 6.16. The van der Waals surface area contributed by atoms with Crippen LogP contribution in [-0.2, 0) is 0 Å². The summed E-state index contributed by atoms with van der Waals surface area (Å²) in [6.07, 6.45) is 0. The summed E-state index contributed by atoms with van der Waals surface area (Å²) >= 11 is 5.81. The highest BCUT2D eigenvalue weighted by atomic mass is 35.5. The molecule has 0 saturated heterocycles. The molecule has 2 aromatic rings. The summed E-state index contributed by atoms with van der Waals surface area (Å²) in [7, 11) is 0. The van der Waals surface area contributed by atoms with E-state index in [0.29, 0.717) is 10.6 Å². The molecule has 0 saturated carbocycles. The monoisotopic (exact) mass is 272 g/mol. The van der Waals surface area contributed by atoms with E-state index < -0.39 is 0 Å². The maximum atomic E-state index is 11.8. The fraction of sp³-hybridized carbons (Fsp3) is 0.0667. The predicted molar refractivity (Wildman–Crippen MR) is 77.6 cm³/mol. The largest absolute Gasteiger partial charge is 0.271 e. The number of hydrogen-bond acceptors (Lipinski definition) is 2. The summed E-state index contributed by atoms with van der Waals surface area (Å²) in [5.41, 5.74) is 4.74. The van der Waals surface area contributed by atoms with Gasteiger partial charge in [0, 0.05) is 10.6 Å². The van der Waals surface area contributed by atoms with Gasteiger partial charge in [0.05, 0.1) is 5.71 Å². The molecule has 0 radical (unpaired) electrons. The van der Waals surface area contributed by atoms with Crippen LogP contribution in [0.5, 0.6) is 0 Å². The van der Waals surface area contributed by atoms with Crippen molar-refractivity contribution in [2.24, 2.45) is 5.10 Å². The first-order valence-corrected chi connectivity index (χ1v) is 6.20. The molecule has 0 aliphatic heterocycles. The molecule has 2 aromatic carbocycles. The van der Waals surface area contributed by atoms with Crippen molar-refractivity contribution >= 4 is 23.2 Å². The predicted octanol–water partition coefficient (Wildman–Crippen LogP) is 3.49. The second-order valence-electron chi connectivity index (χ2n) is 4.01. The molecule has 96 valence electrons. The molecule has 0 fully saturated rings. The Labute approximate surface area is 116 Å². The van der Waals surface area contributed by atoms with E-state index in [1.54, 1.807) is 24.3 Å². The molecule has 3 nitrogen and oxygen atoms in total. The van der Waals surface area contributed by atoms with Crippen LogP contribution >= 0.6 is 11.6 Å². The fourth-order valence-electron chi connectivity index (χ4n) is 1.54. The number of halogens is 1. The molecule has 0 bridgehead atoms. The van der Waals surface area contributed by atoms with Crippen molar-refractivity contribution in [3.05, 3.63) is 70.7 Å². The minimum Gasteiger partial charge on any atom is -0.267 e. The number of nitrogens with one attached hydrogen (secondary N) is 1. The quantitative estimate of drug-likeness (QED) is 0.674. The number of carbonyl (C=O) groups is 1. The lowest BCUT2D eigenvalue weighted by atomic mass is 10.1. The second-order valence-corrected chi connectivity index (χ2v) is 4.45. The molecule has 4 heteroatoms. The lowest BCUT2D eigenvalue weighted by Crippen LogP contribution is -2.19. The molecule has 0 atom stereocenters. The van der Waals surface area contributed by atoms with E-state index in [1.807, 2.05) is 37.3 Å². The molecule has 0 spiro atoms. The zero-order valence-electron chi connectivity index (χ0n) is 10.4. The van der Waals surface area contributed by atoms with Gasteiger partial charge >= 0.3 is 0 Å². The van der Waals surface area contributed by atoms with Crippen molar-refractivity contribution in [3.8, 4) is 0 Å². The summed E-state index contributed by atoms with van der Waals surface area (Å²) in [4.78, 5) is 11.8.